The van der Waals surface area contributed by atoms with Crippen LogP contribution in [0, 0.1) is 13.8 Å². The number of hydrogen-bond acceptors (Lipinski definition) is 1. The molecule has 56 valence electrons. The summed E-state index contributed by atoms with van der Waals surface area (Å²) in [5.41, 5.74) is 8.92. The van der Waals surface area contributed by atoms with Crippen LogP contribution in [0.1, 0.15) is 11.1 Å². The zero-order valence-electron chi connectivity index (χ0n) is 6.31. The van der Waals surface area contributed by atoms with Crippen LogP contribution in [0.5, 0.6) is 0 Å². The second kappa shape index (κ2) is 3.22. The lowest BCUT2D eigenvalue weighted by Crippen LogP contribution is -1.91. The number of para-hydroxylation sites is 1. The maximum absolute atomic E-state index is 5.68. The molecule has 0 unspecified atom stereocenters. The van der Waals surface area contributed by atoms with E-state index in [1.807, 2.05) is 32.0 Å². The van der Waals surface area contributed by atoms with Crippen LogP contribution in [-0.4, -0.2) is 5.48 Å². The van der Waals surface area contributed by atoms with Gasteiger partial charge in [-0.2, -0.15) is 0 Å². The van der Waals surface area contributed by atoms with Crippen LogP contribution in [0.4, 0.5) is 5.69 Å². The second-order valence-corrected chi connectivity index (χ2v) is 2.31. The standard InChI is InChI=1S/C8H11N.H2O/c1-6-4-3-5-7(2)8(6)9;/h3-5H,9H2,1-2H3;1H2. The van der Waals surface area contributed by atoms with E-state index < -0.39 is 0 Å². The van der Waals surface area contributed by atoms with E-state index in [0.29, 0.717) is 0 Å². The predicted molar refractivity (Wildman–Crippen MR) is 43.9 cm³/mol. The summed E-state index contributed by atoms with van der Waals surface area (Å²) in [7, 11) is 0. The van der Waals surface area contributed by atoms with Crippen molar-refractivity contribution >= 4 is 5.69 Å². The third-order valence-electron chi connectivity index (χ3n) is 1.54. The van der Waals surface area contributed by atoms with Gasteiger partial charge in [-0.1, -0.05) is 18.2 Å². The van der Waals surface area contributed by atoms with Crippen LogP contribution < -0.4 is 5.73 Å². The number of benzene rings is 1. The zero-order chi connectivity index (χ0) is 6.85. The third-order valence-corrected chi connectivity index (χ3v) is 1.54. The lowest BCUT2D eigenvalue weighted by atomic mass is 10.1. The molecule has 2 heteroatoms. The molecule has 0 amide bonds. The van der Waals surface area contributed by atoms with Crippen molar-refractivity contribution in [2.45, 2.75) is 13.8 Å². The van der Waals surface area contributed by atoms with Gasteiger partial charge in [-0.15, -0.1) is 0 Å². The molecule has 0 bridgehead atoms. The molecule has 0 aliphatic rings. The summed E-state index contributed by atoms with van der Waals surface area (Å²) in [6, 6.07) is 6.05. The third kappa shape index (κ3) is 1.48. The molecule has 0 heterocycles. The van der Waals surface area contributed by atoms with Gasteiger partial charge in [-0.3, -0.25) is 0 Å². The quantitative estimate of drug-likeness (QED) is 0.537. The van der Waals surface area contributed by atoms with Gasteiger partial charge in [-0.25, -0.2) is 0 Å². The van der Waals surface area contributed by atoms with Gasteiger partial charge in [0.05, 0.1) is 0 Å². The summed E-state index contributed by atoms with van der Waals surface area (Å²) in [4.78, 5) is 0. The van der Waals surface area contributed by atoms with Crippen LogP contribution in [0.3, 0.4) is 0 Å². The van der Waals surface area contributed by atoms with Crippen molar-refractivity contribution < 1.29 is 5.48 Å². The van der Waals surface area contributed by atoms with E-state index in [2.05, 4.69) is 0 Å². The smallest absolute Gasteiger partial charge is 0.0373 e. The van der Waals surface area contributed by atoms with E-state index in [0.717, 1.165) is 16.8 Å². The minimum Gasteiger partial charge on any atom is -0.412 e. The first-order valence-electron chi connectivity index (χ1n) is 3.03. The monoisotopic (exact) mass is 139 g/mol. The molecular weight excluding hydrogens is 126 g/mol. The van der Waals surface area contributed by atoms with Crippen molar-refractivity contribution in [2.24, 2.45) is 0 Å². The summed E-state index contributed by atoms with van der Waals surface area (Å²) in [6.07, 6.45) is 0. The highest BCUT2D eigenvalue weighted by Crippen LogP contribution is 2.13. The zero-order valence-corrected chi connectivity index (χ0v) is 6.31. The molecule has 2 nitrogen and oxygen atoms in total. The summed E-state index contributed by atoms with van der Waals surface area (Å²) >= 11 is 0. The summed E-state index contributed by atoms with van der Waals surface area (Å²) in [5.74, 6) is 0. The minimum atomic E-state index is 0. The molecule has 10 heavy (non-hydrogen) atoms. The topological polar surface area (TPSA) is 57.5 Å². The molecule has 0 saturated heterocycles. The van der Waals surface area contributed by atoms with Crippen molar-refractivity contribution in [3.63, 3.8) is 0 Å². The fraction of sp³-hybridized carbons (Fsp3) is 0.250. The van der Waals surface area contributed by atoms with E-state index in [1.54, 1.807) is 0 Å². The van der Waals surface area contributed by atoms with Crippen molar-refractivity contribution in [1.82, 2.24) is 0 Å². The number of nitrogen functional groups attached to an aromatic ring is 1. The molecular formula is C8H13NO. The Morgan fingerprint density at radius 3 is 1.80 bits per heavy atom. The van der Waals surface area contributed by atoms with E-state index in [-0.39, 0.29) is 5.48 Å². The molecule has 1 rings (SSSR count). The van der Waals surface area contributed by atoms with Gasteiger partial charge in [0.25, 0.3) is 0 Å². The van der Waals surface area contributed by atoms with Gasteiger partial charge in [0.2, 0.25) is 0 Å². The maximum Gasteiger partial charge on any atom is 0.0373 e. The minimum absolute atomic E-state index is 0. The van der Waals surface area contributed by atoms with Crippen LogP contribution in [-0.2, 0) is 0 Å². The summed E-state index contributed by atoms with van der Waals surface area (Å²) in [5, 5.41) is 0. The van der Waals surface area contributed by atoms with Crippen molar-refractivity contribution in [2.75, 3.05) is 5.73 Å². The Bertz CT molecular complexity index is 200. The molecule has 1 aromatic rings. The molecule has 0 aliphatic carbocycles. The Labute approximate surface area is 61.0 Å². The molecule has 0 spiro atoms. The Balaban J connectivity index is 0.000000810. The molecule has 0 atom stereocenters. The average molecular weight is 139 g/mol. The van der Waals surface area contributed by atoms with E-state index in [1.165, 1.54) is 0 Å². The number of aryl methyl sites for hydroxylation is 2. The van der Waals surface area contributed by atoms with E-state index in [9.17, 15) is 0 Å². The highest BCUT2D eigenvalue weighted by molar-refractivity contribution is 5.52. The SMILES string of the molecule is Cc1cccc(C)c1N.O. The Hall–Kier alpha value is -1.02. The predicted octanol–water partition coefficient (Wildman–Crippen LogP) is 1.06. The first-order chi connectivity index (χ1) is 4.22. The van der Waals surface area contributed by atoms with Gasteiger partial charge < -0.3 is 11.2 Å². The van der Waals surface area contributed by atoms with Crippen LogP contribution in [0.2, 0.25) is 0 Å². The largest absolute Gasteiger partial charge is 0.412 e. The van der Waals surface area contributed by atoms with Gasteiger partial charge in [0.15, 0.2) is 0 Å². The molecule has 4 N–H and O–H groups in total. The van der Waals surface area contributed by atoms with Crippen LogP contribution >= 0.6 is 0 Å². The Morgan fingerprint density at radius 1 is 1.10 bits per heavy atom. The first kappa shape index (κ1) is 8.98. The van der Waals surface area contributed by atoms with Gasteiger partial charge in [-0.05, 0) is 25.0 Å². The fourth-order valence-electron chi connectivity index (χ4n) is 0.827. The molecule has 0 aromatic heterocycles. The maximum atomic E-state index is 5.68. The summed E-state index contributed by atoms with van der Waals surface area (Å²) in [6.45, 7) is 4.03. The number of anilines is 1. The number of rotatable bonds is 0. The average Bonchev–Trinajstić information content (AvgIpc) is 1.83. The lowest BCUT2D eigenvalue weighted by molar-refractivity contribution is 0.824. The van der Waals surface area contributed by atoms with Crippen LogP contribution in [0.25, 0.3) is 0 Å². The van der Waals surface area contributed by atoms with Crippen LogP contribution in [0.15, 0.2) is 18.2 Å². The van der Waals surface area contributed by atoms with Gasteiger partial charge in [0, 0.05) is 5.69 Å². The van der Waals surface area contributed by atoms with Gasteiger partial charge in [0.1, 0.15) is 0 Å². The second-order valence-electron chi connectivity index (χ2n) is 2.31. The van der Waals surface area contributed by atoms with Crippen molar-refractivity contribution in [3.05, 3.63) is 29.3 Å². The first-order valence-corrected chi connectivity index (χ1v) is 3.03. The molecule has 0 fully saturated rings. The lowest BCUT2D eigenvalue weighted by Gasteiger charge is -2.00. The van der Waals surface area contributed by atoms with Crippen molar-refractivity contribution in [1.29, 1.82) is 0 Å². The van der Waals surface area contributed by atoms with Crippen molar-refractivity contribution in [3.8, 4) is 0 Å². The Kier molecular flexibility index (Phi) is 2.90. The normalized spacial score (nSPS) is 8.60. The highest BCUT2D eigenvalue weighted by Gasteiger charge is 1.92. The fourth-order valence-corrected chi connectivity index (χ4v) is 0.827. The summed E-state index contributed by atoms with van der Waals surface area (Å²) < 4.78 is 0. The molecule has 1 aromatic carbocycles. The van der Waals surface area contributed by atoms with E-state index in [4.69, 9.17) is 5.73 Å². The molecule has 0 saturated carbocycles. The number of nitrogens with two attached hydrogens (primary N) is 1. The Morgan fingerprint density at radius 2 is 1.50 bits per heavy atom. The molecule has 0 aliphatic heterocycles. The van der Waals surface area contributed by atoms with Gasteiger partial charge >= 0.3 is 0 Å². The molecule has 0 radical (unpaired) electrons. The van der Waals surface area contributed by atoms with E-state index >= 15 is 0 Å². The highest BCUT2D eigenvalue weighted by atomic mass is 16.0. The number of hydrogen-bond donors (Lipinski definition) is 1.